The molecule has 3 nitrogen and oxygen atoms in total. The van der Waals surface area contributed by atoms with Gasteiger partial charge in [-0.2, -0.15) is 0 Å². The van der Waals surface area contributed by atoms with E-state index in [2.05, 4.69) is 0 Å². The van der Waals surface area contributed by atoms with Crippen LogP contribution in [0.25, 0.3) is 0 Å². The second-order valence-electron chi connectivity index (χ2n) is 4.41. The largest absolute Gasteiger partial charge is 0.378 e. The molecular weight excluding hydrogens is 214 g/mol. The lowest BCUT2D eigenvalue weighted by atomic mass is 9.68. The number of alkyl halides is 1. The molecule has 3 fully saturated rings. The lowest BCUT2D eigenvalue weighted by molar-refractivity contribution is -0.160. The molecule has 0 aromatic heterocycles. The van der Waals surface area contributed by atoms with E-state index < -0.39 is 0 Å². The van der Waals surface area contributed by atoms with Crippen LogP contribution < -0.4 is 0 Å². The summed E-state index contributed by atoms with van der Waals surface area (Å²) in [6.07, 6.45) is 2.12. The first-order chi connectivity index (χ1) is 7.26. The summed E-state index contributed by atoms with van der Waals surface area (Å²) in [5.41, 5.74) is 0. The van der Waals surface area contributed by atoms with Crippen LogP contribution in [-0.4, -0.2) is 42.5 Å². The molecule has 0 N–H and O–H groups in total. The number of halogens is 1. The Morgan fingerprint density at radius 2 is 2.13 bits per heavy atom. The third-order valence-electron chi connectivity index (χ3n) is 3.46. The summed E-state index contributed by atoms with van der Waals surface area (Å²) in [7, 11) is 0. The van der Waals surface area contributed by atoms with Crippen LogP contribution >= 0.6 is 11.6 Å². The number of hydrogen-bond donors (Lipinski definition) is 0. The molecule has 0 aromatic rings. The van der Waals surface area contributed by atoms with Crippen molar-refractivity contribution in [1.29, 1.82) is 0 Å². The molecule has 0 unspecified atom stereocenters. The van der Waals surface area contributed by atoms with Gasteiger partial charge in [0.2, 0.25) is 5.91 Å². The van der Waals surface area contributed by atoms with Gasteiger partial charge in [0.25, 0.3) is 0 Å². The molecule has 1 aliphatic carbocycles. The van der Waals surface area contributed by atoms with E-state index in [1.807, 2.05) is 11.8 Å². The molecular formula is C11H18ClNO2. The van der Waals surface area contributed by atoms with Crippen molar-refractivity contribution in [2.45, 2.75) is 25.9 Å². The minimum atomic E-state index is 0.203. The predicted octanol–water partition coefficient (Wildman–Crippen LogP) is 1.50. The average Bonchev–Trinajstić information content (AvgIpc) is 2.26. The molecule has 1 amide bonds. The lowest BCUT2D eigenvalue weighted by Gasteiger charge is -2.53. The van der Waals surface area contributed by atoms with Crippen molar-refractivity contribution in [3.8, 4) is 0 Å². The van der Waals surface area contributed by atoms with Gasteiger partial charge in [0.15, 0.2) is 0 Å². The molecule has 2 saturated heterocycles. The molecule has 0 aromatic carbocycles. The average molecular weight is 232 g/mol. The molecule has 1 saturated carbocycles. The lowest BCUT2D eigenvalue weighted by Crippen LogP contribution is -2.60. The highest BCUT2D eigenvalue weighted by Crippen LogP contribution is 2.42. The van der Waals surface area contributed by atoms with Crippen molar-refractivity contribution in [2.75, 3.05) is 25.6 Å². The number of fused-ring (bicyclic) bond motifs is 2. The minimum absolute atomic E-state index is 0.203. The zero-order valence-corrected chi connectivity index (χ0v) is 9.87. The fraction of sp³-hybridized carbons (Fsp3) is 0.909. The van der Waals surface area contributed by atoms with Crippen LogP contribution in [-0.2, 0) is 9.53 Å². The van der Waals surface area contributed by atoms with E-state index in [-0.39, 0.29) is 5.91 Å². The van der Waals surface area contributed by atoms with E-state index in [0.29, 0.717) is 30.2 Å². The molecule has 4 heteroatoms. The van der Waals surface area contributed by atoms with Gasteiger partial charge in [-0.05, 0) is 13.3 Å². The van der Waals surface area contributed by atoms with Gasteiger partial charge in [-0.15, -0.1) is 11.6 Å². The molecule has 0 radical (unpaired) electrons. The van der Waals surface area contributed by atoms with Crippen LogP contribution in [0.1, 0.15) is 19.8 Å². The Balaban J connectivity index is 1.84. The minimum Gasteiger partial charge on any atom is -0.378 e. The first kappa shape index (κ1) is 11.2. The maximum atomic E-state index is 11.6. The SMILES string of the molecule is CCOC1[C@H]2C[C@H]1CN(C(=O)CCCl)C2. The van der Waals surface area contributed by atoms with Crippen molar-refractivity contribution in [3.63, 3.8) is 0 Å². The van der Waals surface area contributed by atoms with E-state index >= 15 is 0 Å². The molecule has 15 heavy (non-hydrogen) atoms. The maximum absolute atomic E-state index is 11.6. The number of nitrogens with zero attached hydrogens (tertiary/aromatic N) is 1. The maximum Gasteiger partial charge on any atom is 0.223 e. The number of carbonyl (C=O) groups excluding carboxylic acids is 1. The normalized spacial score (nSPS) is 33.7. The van der Waals surface area contributed by atoms with Gasteiger partial charge in [-0.3, -0.25) is 4.79 Å². The molecule has 2 bridgehead atoms. The van der Waals surface area contributed by atoms with E-state index in [4.69, 9.17) is 16.3 Å². The van der Waals surface area contributed by atoms with Crippen LogP contribution in [0, 0.1) is 11.8 Å². The van der Waals surface area contributed by atoms with Crippen LogP contribution in [0.5, 0.6) is 0 Å². The van der Waals surface area contributed by atoms with Crippen molar-refractivity contribution >= 4 is 17.5 Å². The molecule has 2 heterocycles. The first-order valence-electron chi connectivity index (χ1n) is 5.71. The van der Waals surface area contributed by atoms with Crippen LogP contribution in [0.15, 0.2) is 0 Å². The molecule has 86 valence electrons. The zero-order chi connectivity index (χ0) is 10.8. The Labute approximate surface area is 95.7 Å². The van der Waals surface area contributed by atoms with Crippen LogP contribution in [0.3, 0.4) is 0 Å². The van der Waals surface area contributed by atoms with E-state index in [0.717, 1.165) is 19.7 Å². The zero-order valence-electron chi connectivity index (χ0n) is 9.12. The molecule has 3 aliphatic rings. The summed E-state index contributed by atoms with van der Waals surface area (Å²) in [5.74, 6) is 1.78. The third-order valence-corrected chi connectivity index (χ3v) is 3.65. The van der Waals surface area contributed by atoms with Crippen molar-refractivity contribution in [1.82, 2.24) is 4.90 Å². The summed E-state index contributed by atoms with van der Waals surface area (Å²) >= 11 is 5.57. The van der Waals surface area contributed by atoms with Gasteiger partial charge < -0.3 is 9.64 Å². The second kappa shape index (κ2) is 4.71. The Morgan fingerprint density at radius 1 is 1.47 bits per heavy atom. The smallest absolute Gasteiger partial charge is 0.223 e. The van der Waals surface area contributed by atoms with Crippen molar-refractivity contribution < 1.29 is 9.53 Å². The van der Waals surface area contributed by atoms with E-state index in [1.165, 1.54) is 6.42 Å². The summed E-state index contributed by atoms with van der Waals surface area (Å²) in [6.45, 7) is 4.56. The number of hydrogen-bond acceptors (Lipinski definition) is 2. The monoisotopic (exact) mass is 231 g/mol. The number of amides is 1. The molecule has 3 rings (SSSR count). The fourth-order valence-electron chi connectivity index (χ4n) is 2.75. The third kappa shape index (κ3) is 2.13. The Morgan fingerprint density at radius 3 is 2.67 bits per heavy atom. The van der Waals surface area contributed by atoms with Gasteiger partial charge in [-0.1, -0.05) is 0 Å². The van der Waals surface area contributed by atoms with Crippen LogP contribution in [0.2, 0.25) is 0 Å². The summed E-state index contributed by atoms with van der Waals surface area (Å²) in [4.78, 5) is 13.6. The highest BCUT2D eigenvalue weighted by Gasteiger charge is 2.48. The summed E-state index contributed by atoms with van der Waals surface area (Å²) in [5, 5.41) is 0. The molecule has 2 aliphatic heterocycles. The number of carbonyl (C=O) groups is 1. The van der Waals surface area contributed by atoms with Gasteiger partial charge in [0, 0.05) is 43.8 Å². The van der Waals surface area contributed by atoms with Crippen molar-refractivity contribution in [3.05, 3.63) is 0 Å². The summed E-state index contributed by atoms with van der Waals surface area (Å²) in [6, 6.07) is 0. The fourth-order valence-corrected chi connectivity index (χ4v) is 2.91. The predicted molar refractivity (Wildman–Crippen MR) is 58.9 cm³/mol. The van der Waals surface area contributed by atoms with Gasteiger partial charge in [-0.25, -0.2) is 0 Å². The quantitative estimate of drug-likeness (QED) is 0.687. The highest BCUT2D eigenvalue weighted by molar-refractivity contribution is 6.18. The first-order valence-corrected chi connectivity index (χ1v) is 6.25. The van der Waals surface area contributed by atoms with E-state index in [1.54, 1.807) is 0 Å². The highest BCUT2D eigenvalue weighted by atomic mass is 35.5. The van der Waals surface area contributed by atoms with Crippen LogP contribution in [0.4, 0.5) is 0 Å². The Bertz CT molecular complexity index is 235. The van der Waals surface area contributed by atoms with Gasteiger partial charge in [0.05, 0.1) is 6.10 Å². The molecule has 0 spiro atoms. The Kier molecular flexibility index (Phi) is 3.52. The number of rotatable bonds is 4. The molecule has 2 atom stereocenters. The number of piperidine rings is 2. The Hall–Kier alpha value is -0.280. The van der Waals surface area contributed by atoms with Gasteiger partial charge >= 0.3 is 0 Å². The van der Waals surface area contributed by atoms with E-state index in [9.17, 15) is 4.79 Å². The summed E-state index contributed by atoms with van der Waals surface area (Å²) < 4.78 is 5.67. The van der Waals surface area contributed by atoms with Gasteiger partial charge in [0.1, 0.15) is 0 Å². The number of ether oxygens (including phenoxy) is 1. The topological polar surface area (TPSA) is 29.5 Å². The second-order valence-corrected chi connectivity index (χ2v) is 4.79. The standard InChI is InChI=1S/C11H18ClNO2/c1-2-15-11-8-5-9(11)7-13(6-8)10(14)3-4-12/h8-9,11H,2-7H2,1H3/t8-,9-/m0/s1. The van der Waals surface area contributed by atoms with Crippen molar-refractivity contribution in [2.24, 2.45) is 11.8 Å².